The third-order valence-corrected chi connectivity index (χ3v) is 5.33. The van der Waals surface area contributed by atoms with Crippen LogP contribution in [0.4, 0.5) is 11.4 Å². The fourth-order valence-corrected chi connectivity index (χ4v) is 3.69. The molecule has 184 valence electrons. The highest BCUT2D eigenvalue weighted by Crippen LogP contribution is 2.37. The second-order valence-corrected chi connectivity index (χ2v) is 7.90. The van der Waals surface area contributed by atoms with Crippen molar-refractivity contribution in [1.82, 2.24) is 9.78 Å². The lowest BCUT2D eigenvalue weighted by atomic mass is 10.2. The first-order valence-corrected chi connectivity index (χ1v) is 11.7. The monoisotopic (exact) mass is 484 g/mol. The standard InChI is InChI=1S/C28H28N4O4/c1-4-35-25-18-23(26(36-5-2)17-22(25)29-27(33)20-12-8-6-9-13-20)30-28(34)24-16-19(3)32(31-24)21-14-10-7-11-15-21/h6-18H,4-5H2,1-3H3,(H,29,33)(H,30,34). The number of benzene rings is 3. The highest BCUT2D eigenvalue weighted by molar-refractivity contribution is 6.07. The number of nitrogens with one attached hydrogen (secondary N) is 2. The first kappa shape index (κ1) is 24.5. The van der Waals surface area contributed by atoms with E-state index in [9.17, 15) is 9.59 Å². The molecular formula is C28H28N4O4. The van der Waals surface area contributed by atoms with E-state index in [1.54, 1.807) is 47.1 Å². The van der Waals surface area contributed by atoms with E-state index < -0.39 is 5.91 Å². The van der Waals surface area contributed by atoms with Crippen LogP contribution < -0.4 is 20.1 Å². The van der Waals surface area contributed by atoms with E-state index in [1.807, 2.05) is 57.2 Å². The maximum atomic E-state index is 13.1. The molecule has 4 aromatic rings. The molecule has 0 aliphatic carbocycles. The average Bonchev–Trinajstić information content (AvgIpc) is 3.29. The van der Waals surface area contributed by atoms with Gasteiger partial charge >= 0.3 is 0 Å². The average molecular weight is 485 g/mol. The summed E-state index contributed by atoms with van der Waals surface area (Å²) in [7, 11) is 0. The van der Waals surface area contributed by atoms with Gasteiger partial charge in [0, 0.05) is 23.4 Å². The molecule has 4 rings (SSSR count). The minimum atomic E-state index is -0.391. The summed E-state index contributed by atoms with van der Waals surface area (Å²) in [5.41, 5.74) is 3.32. The third-order valence-electron chi connectivity index (χ3n) is 5.33. The molecule has 0 saturated heterocycles. The molecule has 3 aromatic carbocycles. The van der Waals surface area contributed by atoms with Gasteiger partial charge in [0.2, 0.25) is 0 Å². The van der Waals surface area contributed by atoms with E-state index >= 15 is 0 Å². The summed E-state index contributed by atoms with van der Waals surface area (Å²) in [5.74, 6) is 0.137. The van der Waals surface area contributed by atoms with Crippen LogP contribution in [-0.4, -0.2) is 34.8 Å². The SMILES string of the molecule is CCOc1cc(NC(=O)c2cc(C)n(-c3ccccc3)n2)c(OCC)cc1NC(=O)c1ccccc1. The Bertz CT molecular complexity index is 1350. The first-order valence-electron chi connectivity index (χ1n) is 11.7. The minimum absolute atomic E-state index is 0.262. The topological polar surface area (TPSA) is 94.5 Å². The summed E-state index contributed by atoms with van der Waals surface area (Å²) in [6.45, 7) is 6.31. The number of hydrogen-bond acceptors (Lipinski definition) is 5. The van der Waals surface area contributed by atoms with Gasteiger partial charge in [0.25, 0.3) is 11.8 Å². The van der Waals surface area contributed by atoms with E-state index in [0.29, 0.717) is 41.7 Å². The predicted molar refractivity (Wildman–Crippen MR) is 139 cm³/mol. The Labute approximate surface area is 209 Å². The van der Waals surface area contributed by atoms with Gasteiger partial charge in [0.05, 0.1) is 30.3 Å². The van der Waals surface area contributed by atoms with Crippen molar-refractivity contribution in [2.24, 2.45) is 0 Å². The summed E-state index contributed by atoms with van der Waals surface area (Å²) < 4.78 is 13.3. The molecule has 0 bridgehead atoms. The Kier molecular flexibility index (Phi) is 7.65. The fourth-order valence-electron chi connectivity index (χ4n) is 3.69. The maximum absolute atomic E-state index is 13.1. The number of anilines is 2. The summed E-state index contributed by atoms with van der Waals surface area (Å²) in [5, 5.41) is 10.2. The smallest absolute Gasteiger partial charge is 0.276 e. The number of para-hydroxylation sites is 1. The molecule has 0 spiro atoms. The lowest BCUT2D eigenvalue weighted by Gasteiger charge is -2.17. The van der Waals surface area contributed by atoms with Crippen molar-refractivity contribution in [2.45, 2.75) is 20.8 Å². The molecule has 0 aliphatic rings. The van der Waals surface area contributed by atoms with Crippen molar-refractivity contribution in [2.75, 3.05) is 23.8 Å². The van der Waals surface area contributed by atoms with Gasteiger partial charge in [0.1, 0.15) is 11.5 Å². The summed E-state index contributed by atoms with van der Waals surface area (Å²) in [6.07, 6.45) is 0. The lowest BCUT2D eigenvalue weighted by Crippen LogP contribution is -2.16. The van der Waals surface area contributed by atoms with E-state index in [0.717, 1.165) is 11.4 Å². The van der Waals surface area contributed by atoms with Crippen LogP contribution in [0, 0.1) is 6.92 Å². The van der Waals surface area contributed by atoms with Gasteiger partial charge in [-0.15, -0.1) is 0 Å². The van der Waals surface area contributed by atoms with Crippen molar-refractivity contribution in [3.05, 3.63) is 95.8 Å². The second-order valence-electron chi connectivity index (χ2n) is 7.90. The number of amides is 2. The summed E-state index contributed by atoms with van der Waals surface area (Å²) in [4.78, 5) is 25.9. The van der Waals surface area contributed by atoms with Gasteiger partial charge < -0.3 is 20.1 Å². The first-order chi connectivity index (χ1) is 17.5. The number of carbonyl (C=O) groups is 2. The van der Waals surface area contributed by atoms with Crippen LogP contribution in [0.1, 0.15) is 40.4 Å². The molecule has 36 heavy (non-hydrogen) atoms. The number of hydrogen-bond donors (Lipinski definition) is 2. The number of rotatable bonds is 9. The zero-order valence-electron chi connectivity index (χ0n) is 20.4. The molecule has 0 atom stereocenters. The molecule has 0 unspecified atom stereocenters. The molecule has 0 fully saturated rings. The van der Waals surface area contributed by atoms with Crippen molar-refractivity contribution in [3.8, 4) is 17.2 Å². The Balaban J connectivity index is 1.63. The summed E-state index contributed by atoms with van der Waals surface area (Å²) in [6, 6.07) is 23.5. The van der Waals surface area contributed by atoms with Crippen LogP contribution >= 0.6 is 0 Å². The van der Waals surface area contributed by atoms with Gasteiger partial charge in [-0.25, -0.2) is 4.68 Å². The molecule has 0 radical (unpaired) electrons. The van der Waals surface area contributed by atoms with Crippen LogP contribution in [-0.2, 0) is 0 Å². The molecule has 1 aromatic heterocycles. The predicted octanol–water partition coefficient (Wildman–Crippen LogP) is 5.48. The molecule has 2 amide bonds. The molecule has 8 nitrogen and oxygen atoms in total. The number of aryl methyl sites for hydroxylation is 1. The molecular weight excluding hydrogens is 456 g/mol. The Morgan fingerprint density at radius 2 is 1.31 bits per heavy atom. The zero-order valence-corrected chi connectivity index (χ0v) is 20.4. The largest absolute Gasteiger partial charge is 0.492 e. The van der Waals surface area contributed by atoms with Crippen LogP contribution in [0.5, 0.6) is 11.5 Å². The highest BCUT2D eigenvalue weighted by atomic mass is 16.5. The van der Waals surface area contributed by atoms with E-state index in [-0.39, 0.29) is 11.6 Å². The molecule has 0 saturated carbocycles. The van der Waals surface area contributed by atoms with Crippen LogP contribution in [0.15, 0.2) is 78.9 Å². The van der Waals surface area contributed by atoms with Crippen LogP contribution in [0.25, 0.3) is 5.69 Å². The Hall–Kier alpha value is -4.59. The van der Waals surface area contributed by atoms with Gasteiger partial charge in [0.15, 0.2) is 5.69 Å². The molecule has 8 heteroatoms. The van der Waals surface area contributed by atoms with Crippen LogP contribution in [0.2, 0.25) is 0 Å². The molecule has 2 N–H and O–H groups in total. The van der Waals surface area contributed by atoms with Crippen molar-refractivity contribution in [1.29, 1.82) is 0 Å². The molecule has 1 heterocycles. The Morgan fingerprint density at radius 3 is 1.86 bits per heavy atom. The van der Waals surface area contributed by atoms with Gasteiger partial charge in [-0.05, 0) is 51.1 Å². The van der Waals surface area contributed by atoms with E-state index in [4.69, 9.17) is 9.47 Å². The zero-order chi connectivity index (χ0) is 25.5. The number of aromatic nitrogens is 2. The second kappa shape index (κ2) is 11.2. The number of nitrogens with zero attached hydrogens (tertiary/aromatic N) is 2. The Morgan fingerprint density at radius 1 is 0.778 bits per heavy atom. The third kappa shape index (κ3) is 5.55. The normalized spacial score (nSPS) is 10.5. The maximum Gasteiger partial charge on any atom is 0.276 e. The van der Waals surface area contributed by atoms with E-state index in [2.05, 4.69) is 15.7 Å². The number of carbonyl (C=O) groups excluding carboxylic acids is 2. The highest BCUT2D eigenvalue weighted by Gasteiger charge is 2.19. The van der Waals surface area contributed by atoms with Crippen molar-refractivity contribution in [3.63, 3.8) is 0 Å². The number of ether oxygens (including phenoxy) is 2. The minimum Gasteiger partial charge on any atom is -0.492 e. The molecule has 0 aliphatic heterocycles. The quantitative estimate of drug-likeness (QED) is 0.328. The van der Waals surface area contributed by atoms with Gasteiger partial charge in [-0.2, -0.15) is 5.10 Å². The van der Waals surface area contributed by atoms with Crippen molar-refractivity contribution < 1.29 is 19.1 Å². The van der Waals surface area contributed by atoms with E-state index in [1.165, 1.54) is 0 Å². The van der Waals surface area contributed by atoms with Gasteiger partial charge in [-0.1, -0.05) is 36.4 Å². The van der Waals surface area contributed by atoms with Crippen LogP contribution in [0.3, 0.4) is 0 Å². The fraction of sp³-hybridized carbons (Fsp3) is 0.179. The van der Waals surface area contributed by atoms with Gasteiger partial charge in [-0.3, -0.25) is 9.59 Å². The lowest BCUT2D eigenvalue weighted by molar-refractivity contribution is 0.101. The summed E-state index contributed by atoms with van der Waals surface area (Å²) >= 11 is 0. The van der Waals surface area contributed by atoms with Crippen molar-refractivity contribution >= 4 is 23.2 Å².